The van der Waals surface area contributed by atoms with Crippen LogP contribution in [0.15, 0.2) is 36.9 Å². The summed E-state index contributed by atoms with van der Waals surface area (Å²) in [7, 11) is -1.17. The van der Waals surface area contributed by atoms with E-state index in [1.165, 1.54) is 0 Å². The van der Waals surface area contributed by atoms with Crippen LogP contribution in [0.1, 0.15) is 5.56 Å². The van der Waals surface area contributed by atoms with Gasteiger partial charge in [0, 0.05) is 0 Å². The number of aromatic hydroxyl groups is 1. The molecule has 0 spiro atoms. The fraction of sp³-hybridized carbons (Fsp3) is 0.111. The molecule has 0 saturated carbocycles. The van der Waals surface area contributed by atoms with Crippen LogP contribution in [0, 0.1) is 0 Å². The van der Waals surface area contributed by atoms with Crippen molar-refractivity contribution < 1.29 is 14.6 Å². The second-order valence-corrected chi connectivity index (χ2v) is 2.40. The third kappa shape index (κ3) is 13.8. The van der Waals surface area contributed by atoms with E-state index in [-0.39, 0.29) is 89.0 Å². The largest absolute Gasteiger partial charge is 2.00 e. The van der Waals surface area contributed by atoms with Crippen molar-refractivity contribution in [1.82, 2.24) is 0 Å². The van der Waals surface area contributed by atoms with Crippen molar-refractivity contribution in [1.29, 1.82) is 0 Å². The molecule has 0 aliphatic heterocycles. The van der Waals surface area contributed by atoms with E-state index < -0.39 is 8.69 Å². The van der Waals surface area contributed by atoms with Gasteiger partial charge in [0.05, 0.1) is 0 Å². The van der Waals surface area contributed by atoms with Gasteiger partial charge in [0.1, 0.15) is 5.75 Å². The number of hydrogen-bond acceptors (Lipinski definition) is 2. The first kappa shape index (κ1) is 26.3. The molecule has 7 heteroatoms. The van der Waals surface area contributed by atoms with Gasteiger partial charge in [-0.2, -0.15) is 4.89 Å². The summed E-state index contributed by atoms with van der Waals surface area (Å²) < 4.78 is 8.51. The zero-order valence-electron chi connectivity index (χ0n) is 8.93. The van der Waals surface area contributed by atoms with Gasteiger partial charge in [0.25, 0.3) is 0 Å². The van der Waals surface area contributed by atoms with Gasteiger partial charge in [-0.3, -0.25) is 0 Å². The van der Waals surface area contributed by atoms with Crippen LogP contribution in [0.3, 0.4) is 0 Å². The Morgan fingerprint density at radius 3 is 2.12 bits per heavy atom. The van der Waals surface area contributed by atoms with Crippen molar-refractivity contribution in [3.8, 4) is 5.75 Å². The molecule has 1 aromatic carbocycles. The average molecular weight is 311 g/mol. The number of para-hydroxylation sites is 1. The Labute approximate surface area is 164 Å². The zero-order chi connectivity index (χ0) is 10.1. The van der Waals surface area contributed by atoms with Crippen molar-refractivity contribution in [2.24, 2.45) is 0 Å². The number of rotatable bonds is 2. The van der Waals surface area contributed by atoms with Gasteiger partial charge in [0.15, 0.2) is 0 Å². The molecule has 1 rings (SSSR count). The molecule has 0 aromatic heterocycles. The molecule has 1 atom stereocenters. The molecular weight excluding hydrogens is 299 g/mol. The molecule has 3 nitrogen and oxygen atoms in total. The minimum absolute atomic E-state index is 0. The van der Waals surface area contributed by atoms with Gasteiger partial charge < -0.3 is 18.6 Å². The van der Waals surface area contributed by atoms with E-state index in [0.717, 1.165) is 12.0 Å². The molecule has 0 amide bonds. The smallest absolute Gasteiger partial charge is 2.00 e. The van der Waals surface area contributed by atoms with Gasteiger partial charge in [-0.25, -0.2) is 0 Å². The minimum Gasteiger partial charge on any atom is -2.00 e. The Morgan fingerprint density at radius 1 is 1.31 bits per heavy atom. The molecule has 2 N–H and O–H groups in total. The van der Waals surface area contributed by atoms with Crippen molar-refractivity contribution in [3.63, 3.8) is 0 Å². The van der Waals surface area contributed by atoms with Crippen molar-refractivity contribution in [3.05, 3.63) is 42.5 Å². The Hall–Kier alpha value is 1.69. The molecule has 1 unspecified atom stereocenters. The van der Waals surface area contributed by atoms with E-state index in [1.54, 1.807) is 12.1 Å². The summed E-state index contributed by atoms with van der Waals surface area (Å²) in [6.07, 6.45) is 2.50. The fourth-order valence-electron chi connectivity index (χ4n) is 0.839. The standard InChI is InChI=1S/C9H10O.2Ca.HO2P.S/c1-2-5-8-6-3-4-7-9(8)10;;;1-3-2;/h2-4,6-7,10H,1,5H2;;;3H;/q;2*+2;;-2/p+1. The zero-order valence-corrected chi connectivity index (χ0v) is 15.2. The number of allylic oxidation sites excluding steroid dienone is 1. The van der Waals surface area contributed by atoms with Crippen LogP contribution in [0.4, 0.5) is 0 Å². The summed E-state index contributed by atoms with van der Waals surface area (Å²) in [6, 6.07) is 7.27. The molecule has 1 aromatic rings. The maximum atomic E-state index is 9.19. The molecule has 0 bridgehead atoms. The first-order valence-corrected chi connectivity index (χ1v) is 4.50. The summed E-state index contributed by atoms with van der Waals surface area (Å²) in [4.78, 5) is 7.04. The fourth-order valence-corrected chi connectivity index (χ4v) is 0.839. The van der Waals surface area contributed by atoms with Crippen LogP contribution in [0.5, 0.6) is 5.75 Å². The minimum atomic E-state index is -1.17. The molecule has 0 radical (unpaired) electrons. The summed E-state index contributed by atoms with van der Waals surface area (Å²) in [5, 5.41) is 9.19. The normalized spacial score (nSPS) is 7.06. The first-order valence-electron chi connectivity index (χ1n) is 3.65. The average Bonchev–Trinajstić information content (AvgIpc) is 2.11. The Kier molecular flexibility index (Phi) is 31.3. The third-order valence-electron chi connectivity index (χ3n) is 1.36. The summed E-state index contributed by atoms with van der Waals surface area (Å²) >= 11 is 0. The van der Waals surface area contributed by atoms with Crippen LogP contribution in [-0.2, 0) is 24.5 Å². The van der Waals surface area contributed by atoms with Crippen LogP contribution in [0.2, 0.25) is 0 Å². The Bertz CT molecular complexity index is 287. The molecule has 78 valence electrons. The van der Waals surface area contributed by atoms with Crippen molar-refractivity contribution in [2.75, 3.05) is 0 Å². The van der Waals surface area contributed by atoms with Crippen molar-refractivity contribution >= 4 is 97.7 Å². The second kappa shape index (κ2) is 19.0. The van der Waals surface area contributed by atoms with E-state index in [0.29, 0.717) is 5.75 Å². The molecule has 0 fully saturated rings. The maximum Gasteiger partial charge on any atom is 2.00 e. The van der Waals surface area contributed by atoms with Gasteiger partial charge >= 0.3 is 84.2 Å². The van der Waals surface area contributed by atoms with Crippen LogP contribution in [-0.4, -0.2) is 85.5 Å². The molecule has 0 saturated heterocycles. The number of benzene rings is 1. The van der Waals surface area contributed by atoms with Gasteiger partial charge in [-0.15, -0.1) is 6.58 Å². The van der Waals surface area contributed by atoms with Gasteiger partial charge in [0.2, 0.25) is 0 Å². The van der Waals surface area contributed by atoms with Crippen LogP contribution >= 0.6 is 8.69 Å². The predicted molar refractivity (Wildman–Crippen MR) is 72.1 cm³/mol. The summed E-state index contributed by atoms with van der Waals surface area (Å²) in [5.41, 5.74) is 0.928. The van der Waals surface area contributed by atoms with Crippen molar-refractivity contribution in [2.45, 2.75) is 6.42 Å². The SMILES string of the molecule is C=CCc1ccccc1O.O=[PH+]O.[Ca+2].[Ca+2].[S-2]. The molecular formula is C9H12Ca2O3PS+3. The van der Waals surface area contributed by atoms with E-state index >= 15 is 0 Å². The van der Waals surface area contributed by atoms with E-state index in [9.17, 15) is 5.11 Å². The molecule has 0 aliphatic carbocycles. The molecule has 16 heavy (non-hydrogen) atoms. The number of phenols is 1. The summed E-state index contributed by atoms with van der Waals surface area (Å²) in [5.74, 6) is 0.349. The second-order valence-electron chi connectivity index (χ2n) is 2.21. The monoisotopic (exact) mass is 311 g/mol. The third-order valence-corrected chi connectivity index (χ3v) is 1.36. The van der Waals surface area contributed by atoms with Crippen LogP contribution < -0.4 is 0 Å². The number of hydrogen-bond donors (Lipinski definition) is 2. The van der Waals surface area contributed by atoms with E-state index in [2.05, 4.69) is 6.58 Å². The Balaban J connectivity index is -0.000000109. The van der Waals surface area contributed by atoms with Crippen LogP contribution in [0.25, 0.3) is 0 Å². The molecule has 0 heterocycles. The maximum absolute atomic E-state index is 9.19. The van der Waals surface area contributed by atoms with Gasteiger partial charge in [-0.1, -0.05) is 24.3 Å². The predicted octanol–water partition coefficient (Wildman–Crippen LogP) is 1.27. The molecule has 0 aliphatic rings. The summed E-state index contributed by atoms with van der Waals surface area (Å²) in [6.45, 7) is 3.59. The van der Waals surface area contributed by atoms with E-state index in [1.807, 2.05) is 18.2 Å². The quantitative estimate of drug-likeness (QED) is 0.491. The Morgan fingerprint density at radius 2 is 1.75 bits per heavy atom. The first-order chi connectivity index (χ1) is 6.26. The number of phenolic OH excluding ortho intramolecular Hbond substituents is 1. The topological polar surface area (TPSA) is 57.5 Å². The van der Waals surface area contributed by atoms with Gasteiger partial charge in [-0.05, 0) is 22.6 Å². The van der Waals surface area contributed by atoms with E-state index in [4.69, 9.17) is 9.46 Å².